The molecule has 0 fully saturated rings. The molecule has 0 bridgehead atoms. The first-order valence-electron chi connectivity index (χ1n) is 13.7. The van der Waals surface area contributed by atoms with Gasteiger partial charge in [-0.1, -0.05) is 104 Å². The Morgan fingerprint density at radius 1 is 0.645 bits per heavy atom. The molecule has 188 valence electrons. The smallest absolute Gasteiger partial charge is 0.130 e. The van der Waals surface area contributed by atoms with Gasteiger partial charge in [-0.15, -0.1) is 0 Å². The molecule has 4 heteroatoms. The van der Waals surface area contributed by atoms with Gasteiger partial charge in [0.2, 0.25) is 0 Å². The van der Waals surface area contributed by atoms with E-state index in [1.54, 1.807) is 0 Å². The highest BCUT2D eigenvalue weighted by Crippen LogP contribution is 2.11. The molecule has 0 aromatic rings. The van der Waals surface area contributed by atoms with Crippen LogP contribution in [-0.4, -0.2) is 69.3 Å². The fourth-order valence-corrected chi connectivity index (χ4v) is 4.11. The SMILES string of the molecule is CCCCCCCCCCOCC(C[N+](C)(C)CCO)OCCCCCCCCCC. The van der Waals surface area contributed by atoms with E-state index in [1.165, 1.54) is 89.9 Å². The molecule has 0 aliphatic heterocycles. The lowest BCUT2D eigenvalue weighted by Crippen LogP contribution is -2.49. The third-order valence-corrected chi connectivity index (χ3v) is 6.20. The van der Waals surface area contributed by atoms with E-state index in [2.05, 4.69) is 27.9 Å². The van der Waals surface area contributed by atoms with Gasteiger partial charge in [0, 0.05) is 13.2 Å². The molecule has 0 saturated carbocycles. The Bertz CT molecular complexity index is 349. The first-order chi connectivity index (χ1) is 15.1. The van der Waals surface area contributed by atoms with Crippen LogP contribution in [0.4, 0.5) is 0 Å². The molecule has 0 aliphatic rings. The molecule has 0 aromatic carbocycles. The van der Waals surface area contributed by atoms with Gasteiger partial charge in [-0.2, -0.15) is 0 Å². The molecule has 1 unspecified atom stereocenters. The summed E-state index contributed by atoms with van der Waals surface area (Å²) in [5.74, 6) is 0. The first kappa shape index (κ1) is 30.8. The maximum absolute atomic E-state index is 9.34. The van der Waals surface area contributed by atoms with Crippen LogP contribution in [0.25, 0.3) is 0 Å². The number of quaternary nitrogens is 1. The Morgan fingerprint density at radius 3 is 1.58 bits per heavy atom. The highest BCUT2D eigenvalue weighted by molar-refractivity contribution is 4.58. The van der Waals surface area contributed by atoms with Gasteiger partial charge in [0.05, 0.1) is 27.3 Å². The van der Waals surface area contributed by atoms with E-state index >= 15 is 0 Å². The van der Waals surface area contributed by atoms with Crippen LogP contribution < -0.4 is 0 Å². The predicted molar refractivity (Wildman–Crippen MR) is 135 cm³/mol. The zero-order valence-electron chi connectivity index (χ0n) is 21.8. The Balaban J connectivity index is 3.93. The lowest BCUT2D eigenvalue weighted by Gasteiger charge is -2.32. The van der Waals surface area contributed by atoms with Gasteiger partial charge >= 0.3 is 0 Å². The number of aliphatic hydroxyl groups is 1. The van der Waals surface area contributed by atoms with E-state index in [9.17, 15) is 5.11 Å². The van der Waals surface area contributed by atoms with Crippen molar-refractivity contribution in [3.63, 3.8) is 0 Å². The fraction of sp³-hybridized carbons (Fsp3) is 1.00. The molecule has 0 aliphatic carbocycles. The Morgan fingerprint density at radius 2 is 1.10 bits per heavy atom. The highest BCUT2D eigenvalue weighted by atomic mass is 16.5. The second-order valence-electron chi connectivity index (χ2n) is 10.1. The van der Waals surface area contributed by atoms with Crippen LogP contribution in [0.3, 0.4) is 0 Å². The molecular weight excluding hydrogens is 386 g/mol. The van der Waals surface area contributed by atoms with E-state index < -0.39 is 0 Å². The summed E-state index contributed by atoms with van der Waals surface area (Å²) in [6.07, 6.45) is 21.4. The molecule has 0 heterocycles. The summed E-state index contributed by atoms with van der Waals surface area (Å²) in [6, 6.07) is 0. The third-order valence-electron chi connectivity index (χ3n) is 6.20. The lowest BCUT2D eigenvalue weighted by molar-refractivity contribution is -0.893. The van der Waals surface area contributed by atoms with Gasteiger partial charge in [-0.25, -0.2) is 0 Å². The quantitative estimate of drug-likeness (QED) is 0.125. The number of hydrogen-bond donors (Lipinski definition) is 1. The van der Waals surface area contributed by atoms with E-state index in [4.69, 9.17) is 9.47 Å². The van der Waals surface area contributed by atoms with Crippen LogP contribution in [0.5, 0.6) is 0 Å². The largest absolute Gasteiger partial charge is 0.391 e. The summed E-state index contributed by atoms with van der Waals surface area (Å²) >= 11 is 0. The van der Waals surface area contributed by atoms with Crippen LogP contribution in [0.15, 0.2) is 0 Å². The second kappa shape index (κ2) is 23.0. The third kappa shape index (κ3) is 22.8. The summed E-state index contributed by atoms with van der Waals surface area (Å²) in [5, 5.41) is 9.34. The van der Waals surface area contributed by atoms with Crippen molar-refractivity contribution in [2.45, 2.75) is 123 Å². The number of hydrogen-bond acceptors (Lipinski definition) is 3. The Hall–Kier alpha value is -0.160. The molecule has 0 saturated heterocycles. The van der Waals surface area contributed by atoms with Crippen molar-refractivity contribution in [2.24, 2.45) is 0 Å². The van der Waals surface area contributed by atoms with E-state index in [-0.39, 0.29) is 12.7 Å². The Labute approximate surface area is 195 Å². The monoisotopic (exact) mass is 444 g/mol. The second-order valence-corrected chi connectivity index (χ2v) is 10.1. The molecule has 31 heavy (non-hydrogen) atoms. The molecule has 1 N–H and O–H groups in total. The summed E-state index contributed by atoms with van der Waals surface area (Å²) in [5.41, 5.74) is 0. The number of aliphatic hydroxyl groups excluding tert-OH is 1. The maximum atomic E-state index is 9.34. The molecule has 0 amide bonds. The average Bonchev–Trinajstić information content (AvgIpc) is 2.73. The number of nitrogens with zero attached hydrogens (tertiary/aromatic N) is 1. The van der Waals surface area contributed by atoms with E-state index in [1.807, 2.05) is 0 Å². The molecular formula is C27H58NO3+. The van der Waals surface area contributed by atoms with Crippen molar-refractivity contribution in [1.29, 1.82) is 0 Å². The summed E-state index contributed by atoms with van der Waals surface area (Å²) in [6.45, 7) is 8.78. The van der Waals surface area contributed by atoms with Crippen molar-refractivity contribution < 1.29 is 19.1 Å². The van der Waals surface area contributed by atoms with Gasteiger partial charge in [0.15, 0.2) is 0 Å². The highest BCUT2D eigenvalue weighted by Gasteiger charge is 2.22. The average molecular weight is 445 g/mol. The summed E-state index contributed by atoms with van der Waals surface area (Å²) < 4.78 is 13.0. The maximum Gasteiger partial charge on any atom is 0.130 e. The van der Waals surface area contributed by atoms with Crippen LogP contribution in [0, 0.1) is 0 Å². The molecule has 0 aromatic heterocycles. The minimum Gasteiger partial charge on any atom is -0.391 e. The van der Waals surface area contributed by atoms with Crippen molar-refractivity contribution in [2.75, 3.05) is 53.6 Å². The topological polar surface area (TPSA) is 38.7 Å². The minimum atomic E-state index is 0.125. The van der Waals surface area contributed by atoms with Gasteiger partial charge < -0.3 is 19.1 Å². The van der Waals surface area contributed by atoms with Crippen LogP contribution in [0.2, 0.25) is 0 Å². The zero-order valence-corrected chi connectivity index (χ0v) is 21.8. The molecule has 0 radical (unpaired) electrons. The standard InChI is InChI=1S/C27H58NO3/c1-5-7-9-11-13-15-17-19-23-30-26-27(25-28(3,4)21-22-29)31-24-20-18-16-14-12-10-8-6-2/h27,29H,5-26H2,1-4H3/q+1. The van der Waals surface area contributed by atoms with Crippen LogP contribution in [0.1, 0.15) is 117 Å². The molecule has 0 spiro atoms. The van der Waals surface area contributed by atoms with E-state index in [0.29, 0.717) is 6.61 Å². The summed E-state index contributed by atoms with van der Waals surface area (Å²) in [4.78, 5) is 0. The van der Waals surface area contributed by atoms with Gasteiger partial charge in [-0.3, -0.25) is 0 Å². The molecule has 0 rings (SSSR count). The van der Waals surface area contributed by atoms with Crippen molar-refractivity contribution in [1.82, 2.24) is 0 Å². The number of unbranched alkanes of at least 4 members (excludes halogenated alkanes) is 14. The number of likely N-dealkylation sites (N-methyl/N-ethyl adjacent to an activating group) is 1. The van der Waals surface area contributed by atoms with Gasteiger partial charge in [-0.05, 0) is 12.8 Å². The van der Waals surface area contributed by atoms with Crippen molar-refractivity contribution in [3.8, 4) is 0 Å². The first-order valence-corrected chi connectivity index (χ1v) is 13.7. The normalized spacial score (nSPS) is 13.1. The number of ether oxygens (including phenoxy) is 2. The summed E-state index contributed by atoms with van der Waals surface area (Å²) in [7, 11) is 4.34. The van der Waals surface area contributed by atoms with Gasteiger partial charge in [0.25, 0.3) is 0 Å². The number of rotatable bonds is 25. The minimum absolute atomic E-state index is 0.125. The molecule has 1 atom stereocenters. The fourth-order valence-electron chi connectivity index (χ4n) is 4.11. The van der Waals surface area contributed by atoms with Crippen LogP contribution >= 0.6 is 0 Å². The predicted octanol–water partition coefficient (Wildman–Crippen LogP) is 6.74. The van der Waals surface area contributed by atoms with Gasteiger partial charge in [0.1, 0.15) is 19.2 Å². The van der Waals surface area contributed by atoms with E-state index in [0.717, 1.165) is 43.6 Å². The van der Waals surface area contributed by atoms with Crippen molar-refractivity contribution >= 4 is 0 Å². The zero-order chi connectivity index (χ0) is 23.0. The lowest BCUT2D eigenvalue weighted by atomic mass is 10.1. The Kier molecular flexibility index (Phi) is 22.9. The van der Waals surface area contributed by atoms with Crippen molar-refractivity contribution in [3.05, 3.63) is 0 Å². The van der Waals surface area contributed by atoms with Crippen LogP contribution in [-0.2, 0) is 9.47 Å². The molecule has 4 nitrogen and oxygen atoms in total.